The van der Waals surface area contributed by atoms with Crippen LogP contribution in [0.4, 0.5) is 0 Å². The van der Waals surface area contributed by atoms with Crippen molar-refractivity contribution < 1.29 is 24.2 Å². The molecule has 1 saturated heterocycles. The fourth-order valence-electron chi connectivity index (χ4n) is 4.64. The largest absolute Gasteiger partial charge is 0.505 e. The van der Waals surface area contributed by atoms with Crippen LogP contribution in [-0.4, -0.2) is 77.4 Å². The number of hydrogen-bond donors (Lipinski definition) is 1. The predicted molar refractivity (Wildman–Crippen MR) is 132 cm³/mol. The maximum absolute atomic E-state index is 13.4. The molecule has 9 nitrogen and oxygen atoms in total. The van der Waals surface area contributed by atoms with Crippen molar-refractivity contribution >= 4 is 23.1 Å². The van der Waals surface area contributed by atoms with Gasteiger partial charge in [0.15, 0.2) is 17.3 Å². The number of ketones is 1. The van der Waals surface area contributed by atoms with Crippen molar-refractivity contribution in [2.75, 3.05) is 41.4 Å². The van der Waals surface area contributed by atoms with Crippen molar-refractivity contribution in [1.29, 1.82) is 0 Å². The summed E-state index contributed by atoms with van der Waals surface area (Å²) in [4.78, 5) is 34.7. The second-order valence-corrected chi connectivity index (χ2v) is 8.71. The summed E-state index contributed by atoms with van der Waals surface area (Å²) in [6, 6.07) is 9.92. The summed E-state index contributed by atoms with van der Waals surface area (Å²) in [5.74, 6) is -0.807. The van der Waals surface area contributed by atoms with Gasteiger partial charge in [0.05, 0.1) is 31.5 Å². The SMILES string of the molecule is COc1cccc([C@H]2/C(=C(\O)c3c(C)nc4ccccn34)C(=O)C(=O)N2CCCN(C)C)c1OC. The molecule has 3 heterocycles. The van der Waals surface area contributed by atoms with Gasteiger partial charge in [0.25, 0.3) is 11.7 Å². The Kier molecular flexibility index (Phi) is 6.79. The molecule has 184 valence electrons. The van der Waals surface area contributed by atoms with Gasteiger partial charge in [0, 0.05) is 18.3 Å². The van der Waals surface area contributed by atoms with Gasteiger partial charge in [0.2, 0.25) is 0 Å². The molecule has 1 aromatic carbocycles. The van der Waals surface area contributed by atoms with Crippen molar-refractivity contribution in [2.45, 2.75) is 19.4 Å². The summed E-state index contributed by atoms with van der Waals surface area (Å²) in [6.07, 6.45) is 2.41. The van der Waals surface area contributed by atoms with E-state index in [1.165, 1.54) is 19.1 Å². The van der Waals surface area contributed by atoms with E-state index in [2.05, 4.69) is 4.98 Å². The first kappa shape index (κ1) is 24.3. The molecule has 9 heteroatoms. The lowest BCUT2D eigenvalue weighted by Gasteiger charge is -2.27. The first-order chi connectivity index (χ1) is 16.8. The normalized spacial score (nSPS) is 17.5. The van der Waals surface area contributed by atoms with Crippen LogP contribution in [-0.2, 0) is 9.59 Å². The Bertz CT molecular complexity index is 1310. The van der Waals surface area contributed by atoms with Gasteiger partial charge in [-0.25, -0.2) is 4.98 Å². The number of pyridine rings is 1. The Balaban J connectivity index is 1.95. The minimum absolute atomic E-state index is 0.000147. The van der Waals surface area contributed by atoms with Crippen molar-refractivity contribution in [2.24, 2.45) is 0 Å². The van der Waals surface area contributed by atoms with E-state index < -0.39 is 17.7 Å². The molecule has 1 aliphatic heterocycles. The highest BCUT2D eigenvalue weighted by molar-refractivity contribution is 6.46. The number of carbonyl (C=O) groups is 2. The summed E-state index contributed by atoms with van der Waals surface area (Å²) in [5.41, 5.74) is 2.11. The molecule has 2 aromatic heterocycles. The lowest BCUT2D eigenvalue weighted by atomic mass is 9.95. The van der Waals surface area contributed by atoms with Crippen LogP contribution < -0.4 is 9.47 Å². The number of rotatable bonds is 8. The second kappa shape index (κ2) is 9.79. The molecule has 3 aromatic rings. The van der Waals surface area contributed by atoms with Crippen LogP contribution in [0.3, 0.4) is 0 Å². The molecule has 0 radical (unpaired) electrons. The number of aliphatic hydroxyl groups excluding tert-OH is 1. The van der Waals surface area contributed by atoms with Crippen LogP contribution in [0.1, 0.15) is 29.4 Å². The van der Waals surface area contributed by atoms with Crippen molar-refractivity contribution in [3.63, 3.8) is 0 Å². The molecular formula is C26H30N4O5. The van der Waals surface area contributed by atoms with Gasteiger partial charge in [-0.3, -0.25) is 14.0 Å². The number of benzene rings is 1. The van der Waals surface area contributed by atoms with Crippen molar-refractivity contribution in [3.05, 3.63) is 65.1 Å². The molecule has 1 amide bonds. The quantitative estimate of drug-likeness (QED) is 0.302. The first-order valence-electron chi connectivity index (χ1n) is 11.4. The van der Waals surface area contributed by atoms with Gasteiger partial charge in [-0.2, -0.15) is 0 Å². The van der Waals surface area contributed by atoms with Crippen molar-refractivity contribution in [3.8, 4) is 11.5 Å². The van der Waals surface area contributed by atoms with Crippen LogP contribution in [0.5, 0.6) is 11.5 Å². The number of Topliss-reactive ketones (excluding diaryl/α,β-unsaturated/α-hetero) is 1. The van der Waals surface area contributed by atoms with Crippen LogP contribution in [0, 0.1) is 6.92 Å². The minimum atomic E-state index is -0.851. The molecule has 0 bridgehead atoms. The third-order valence-electron chi connectivity index (χ3n) is 6.20. The van der Waals surface area contributed by atoms with E-state index in [-0.39, 0.29) is 11.3 Å². The Morgan fingerprint density at radius 2 is 1.89 bits per heavy atom. The minimum Gasteiger partial charge on any atom is -0.505 e. The van der Waals surface area contributed by atoms with Gasteiger partial charge in [-0.05, 0) is 52.2 Å². The Labute approximate surface area is 204 Å². The summed E-state index contributed by atoms with van der Waals surface area (Å²) in [6.45, 7) is 2.82. The number of carbonyl (C=O) groups excluding carboxylic acids is 2. The first-order valence-corrected chi connectivity index (χ1v) is 11.4. The fraction of sp³-hybridized carbons (Fsp3) is 0.346. The predicted octanol–water partition coefficient (Wildman–Crippen LogP) is 3.03. The lowest BCUT2D eigenvalue weighted by Crippen LogP contribution is -2.32. The number of para-hydroxylation sites is 1. The Morgan fingerprint density at radius 3 is 2.57 bits per heavy atom. The number of likely N-dealkylation sites (tertiary alicyclic amines) is 1. The summed E-state index contributed by atoms with van der Waals surface area (Å²) in [7, 11) is 6.93. The number of hydrogen-bond acceptors (Lipinski definition) is 7. The van der Waals surface area contributed by atoms with Crippen LogP contribution in [0.2, 0.25) is 0 Å². The van der Waals surface area contributed by atoms with Gasteiger partial charge >= 0.3 is 0 Å². The van der Waals surface area contributed by atoms with Gasteiger partial charge in [0.1, 0.15) is 11.3 Å². The molecule has 1 aliphatic rings. The monoisotopic (exact) mass is 478 g/mol. The van der Waals surface area contributed by atoms with Gasteiger partial charge in [-0.1, -0.05) is 18.2 Å². The number of fused-ring (bicyclic) bond motifs is 1. The van der Waals surface area contributed by atoms with Crippen LogP contribution in [0.15, 0.2) is 48.2 Å². The van der Waals surface area contributed by atoms with E-state index in [0.717, 1.165) is 6.54 Å². The summed E-state index contributed by atoms with van der Waals surface area (Å²) >= 11 is 0. The maximum atomic E-state index is 13.4. The zero-order valence-electron chi connectivity index (χ0n) is 20.6. The number of imidazole rings is 1. The summed E-state index contributed by atoms with van der Waals surface area (Å²) < 4.78 is 12.8. The number of amides is 1. The molecule has 0 saturated carbocycles. The average Bonchev–Trinajstić information content (AvgIpc) is 3.31. The lowest BCUT2D eigenvalue weighted by molar-refractivity contribution is -0.140. The Hall–Kier alpha value is -3.85. The average molecular weight is 479 g/mol. The second-order valence-electron chi connectivity index (χ2n) is 8.71. The van der Waals surface area contributed by atoms with E-state index >= 15 is 0 Å². The molecule has 1 fully saturated rings. The number of aryl methyl sites for hydroxylation is 1. The smallest absolute Gasteiger partial charge is 0.295 e. The van der Waals surface area contributed by atoms with E-state index in [1.54, 1.807) is 35.7 Å². The topological polar surface area (TPSA) is 96.6 Å². The molecule has 0 aliphatic carbocycles. The standard InChI is InChI=1S/C26H30N4O5/c1-16-21(29-14-7-6-12-19(29)27-16)23(31)20-22(17-10-8-11-18(34-4)25(17)35-5)30(26(33)24(20)32)15-9-13-28(2)3/h6-8,10-12,14,22,31H,9,13,15H2,1-5H3/b23-20+/t22-/m0/s1. The van der Waals surface area contributed by atoms with Gasteiger partial charge in [-0.15, -0.1) is 0 Å². The van der Waals surface area contributed by atoms with E-state index in [4.69, 9.17) is 9.47 Å². The molecular weight excluding hydrogens is 448 g/mol. The zero-order valence-corrected chi connectivity index (χ0v) is 20.6. The third kappa shape index (κ3) is 4.23. The highest BCUT2D eigenvalue weighted by Gasteiger charge is 2.47. The summed E-state index contributed by atoms with van der Waals surface area (Å²) in [5, 5.41) is 11.6. The molecule has 4 rings (SSSR count). The molecule has 1 atom stereocenters. The molecule has 35 heavy (non-hydrogen) atoms. The Morgan fingerprint density at radius 1 is 1.11 bits per heavy atom. The van der Waals surface area contributed by atoms with Crippen molar-refractivity contribution in [1.82, 2.24) is 19.2 Å². The molecule has 1 N–H and O–H groups in total. The number of aromatic nitrogens is 2. The highest BCUT2D eigenvalue weighted by Crippen LogP contribution is 2.45. The van der Waals surface area contributed by atoms with Crippen LogP contribution >= 0.6 is 0 Å². The van der Waals surface area contributed by atoms with E-state index in [9.17, 15) is 14.7 Å². The van der Waals surface area contributed by atoms with E-state index in [0.29, 0.717) is 47.1 Å². The maximum Gasteiger partial charge on any atom is 0.295 e. The number of methoxy groups -OCH3 is 2. The zero-order chi connectivity index (χ0) is 25.3. The molecule has 0 unspecified atom stereocenters. The number of nitrogens with zero attached hydrogens (tertiary/aromatic N) is 4. The number of ether oxygens (including phenoxy) is 2. The van der Waals surface area contributed by atoms with E-state index in [1.807, 2.05) is 37.2 Å². The molecule has 0 spiro atoms. The fourth-order valence-corrected chi connectivity index (χ4v) is 4.64. The number of aliphatic hydroxyl groups is 1. The van der Waals surface area contributed by atoms with Crippen LogP contribution in [0.25, 0.3) is 11.4 Å². The van der Waals surface area contributed by atoms with Gasteiger partial charge < -0.3 is 24.4 Å². The highest BCUT2D eigenvalue weighted by atomic mass is 16.5. The third-order valence-corrected chi connectivity index (χ3v) is 6.20.